The summed E-state index contributed by atoms with van der Waals surface area (Å²) in [7, 11) is 0. The molecule has 0 aliphatic carbocycles. The molecule has 0 saturated carbocycles. The molecule has 2 amide bonds. The van der Waals surface area contributed by atoms with Gasteiger partial charge >= 0.3 is 6.09 Å². The Balaban J connectivity index is 1.67. The monoisotopic (exact) mass is 421 g/mol. The van der Waals surface area contributed by atoms with Gasteiger partial charge in [0.1, 0.15) is 5.82 Å². The zero-order chi connectivity index (χ0) is 22.1. The van der Waals surface area contributed by atoms with Crippen molar-refractivity contribution < 1.29 is 14.7 Å². The third-order valence-corrected chi connectivity index (χ3v) is 6.91. The molecular weight excluding hydrogens is 394 g/mol. The summed E-state index contributed by atoms with van der Waals surface area (Å²) in [6.07, 6.45) is 1.54. The number of likely N-dealkylation sites (tertiary alicyclic amines) is 1. The summed E-state index contributed by atoms with van der Waals surface area (Å²) in [5, 5.41) is 11.4. The highest BCUT2D eigenvalue weighted by atomic mass is 16.4. The van der Waals surface area contributed by atoms with Crippen LogP contribution < -0.4 is 10.6 Å². The van der Waals surface area contributed by atoms with Crippen LogP contribution in [0.1, 0.15) is 37.6 Å². The fourth-order valence-corrected chi connectivity index (χ4v) is 5.97. The number of aromatic amines is 1. The summed E-state index contributed by atoms with van der Waals surface area (Å²) in [5.41, 5.74) is 7.45. The highest BCUT2D eigenvalue weighted by Gasteiger charge is 2.60. The number of nitrogens with one attached hydrogen (secondary N) is 1. The molecule has 3 aromatic rings. The standard InChI is InChI=1S/C23H27N5O3/c1-22(2,3)20-23(8-9-27(11-23)21(30)31)12-28(20)19-16-13-6-4-5-7-15(13)26-17(16)14(10-25-19)18(24)29/h4-7,10,20,26H,8-9,11-12H2,1-3H3,(H2,24,29)(H,30,31). The van der Waals surface area contributed by atoms with Gasteiger partial charge in [-0.05, 0) is 17.9 Å². The van der Waals surface area contributed by atoms with E-state index in [4.69, 9.17) is 10.7 Å². The number of amides is 2. The van der Waals surface area contributed by atoms with Crippen molar-refractivity contribution in [1.29, 1.82) is 0 Å². The number of carboxylic acid groups (broad SMARTS) is 1. The fourth-order valence-electron chi connectivity index (χ4n) is 5.97. The van der Waals surface area contributed by atoms with Gasteiger partial charge in [-0.3, -0.25) is 4.79 Å². The van der Waals surface area contributed by atoms with Gasteiger partial charge in [-0.15, -0.1) is 0 Å². The summed E-state index contributed by atoms with van der Waals surface area (Å²) in [5.74, 6) is 0.299. The van der Waals surface area contributed by atoms with Crippen LogP contribution in [0.4, 0.5) is 10.6 Å². The maximum Gasteiger partial charge on any atom is 0.407 e. The van der Waals surface area contributed by atoms with Crippen molar-refractivity contribution in [1.82, 2.24) is 14.9 Å². The van der Waals surface area contributed by atoms with Crippen molar-refractivity contribution in [3.63, 3.8) is 0 Å². The van der Waals surface area contributed by atoms with Crippen LogP contribution in [0.15, 0.2) is 30.5 Å². The number of rotatable bonds is 2. The number of para-hydroxylation sites is 1. The Morgan fingerprint density at radius 2 is 2.00 bits per heavy atom. The van der Waals surface area contributed by atoms with Gasteiger partial charge in [-0.25, -0.2) is 9.78 Å². The van der Waals surface area contributed by atoms with Gasteiger partial charge in [0.2, 0.25) is 0 Å². The first kappa shape index (κ1) is 19.7. The summed E-state index contributed by atoms with van der Waals surface area (Å²) in [6.45, 7) is 8.41. The lowest BCUT2D eigenvalue weighted by Crippen LogP contribution is -2.70. The minimum Gasteiger partial charge on any atom is -0.465 e. The number of anilines is 1. The zero-order valence-corrected chi connectivity index (χ0v) is 18.0. The molecule has 2 atom stereocenters. The van der Waals surface area contributed by atoms with Crippen molar-refractivity contribution in [2.75, 3.05) is 24.5 Å². The minimum absolute atomic E-state index is 0.0881. The number of hydrogen-bond acceptors (Lipinski definition) is 4. The van der Waals surface area contributed by atoms with Crippen LogP contribution in [0.3, 0.4) is 0 Å². The molecule has 2 aliphatic rings. The van der Waals surface area contributed by atoms with Gasteiger partial charge < -0.3 is 25.6 Å². The molecule has 2 saturated heterocycles. The van der Waals surface area contributed by atoms with E-state index in [-0.39, 0.29) is 16.9 Å². The Hall–Kier alpha value is -3.29. The molecule has 0 radical (unpaired) electrons. The Morgan fingerprint density at radius 1 is 1.26 bits per heavy atom. The van der Waals surface area contributed by atoms with E-state index in [1.54, 1.807) is 6.20 Å². The highest BCUT2D eigenvalue weighted by molar-refractivity contribution is 6.18. The third kappa shape index (κ3) is 2.77. The molecule has 162 valence electrons. The third-order valence-electron chi connectivity index (χ3n) is 6.91. The van der Waals surface area contributed by atoms with E-state index in [0.29, 0.717) is 24.2 Å². The lowest BCUT2D eigenvalue weighted by Gasteiger charge is -2.61. The van der Waals surface area contributed by atoms with Gasteiger partial charge in [0.25, 0.3) is 5.91 Å². The molecular formula is C23H27N5O3. The van der Waals surface area contributed by atoms with Crippen LogP contribution in [0.2, 0.25) is 0 Å². The number of nitrogens with two attached hydrogens (primary N) is 1. The largest absolute Gasteiger partial charge is 0.465 e. The second kappa shape index (κ2) is 6.35. The van der Waals surface area contributed by atoms with Crippen molar-refractivity contribution in [2.24, 2.45) is 16.6 Å². The van der Waals surface area contributed by atoms with Gasteiger partial charge in [0.05, 0.1) is 16.5 Å². The summed E-state index contributed by atoms with van der Waals surface area (Å²) < 4.78 is 0. The molecule has 8 heteroatoms. The number of nitrogens with zero attached hydrogens (tertiary/aromatic N) is 3. The van der Waals surface area contributed by atoms with Crippen molar-refractivity contribution in [3.05, 3.63) is 36.0 Å². The second-order valence-electron chi connectivity index (χ2n) is 9.99. The molecule has 2 fully saturated rings. The Bertz CT molecular complexity index is 1230. The number of hydrogen-bond donors (Lipinski definition) is 3. The number of pyridine rings is 1. The van der Waals surface area contributed by atoms with Crippen LogP contribution in [0.5, 0.6) is 0 Å². The van der Waals surface area contributed by atoms with Gasteiger partial charge in [0.15, 0.2) is 0 Å². The molecule has 31 heavy (non-hydrogen) atoms. The number of carbonyl (C=O) groups is 2. The number of carbonyl (C=O) groups excluding carboxylic acids is 1. The molecule has 1 spiro atoms. The first-order valence-electron chi connectivity index (χ1n) is 10.6. The van der Waals surface area contributed by atoms with Gasteiger partial charge in [0, 0.05) is 48.2 Å². The SMILES string of the molecule is CC(C)(C)C1N(c2ncc(C(N)=O)c3[nH]c4ccccc4c23)CC12CCN(C(=O)O)C2. The van der Waals surface area contributed by atoms with Crippen LogP contribution in [-0.4, -0.2) is 57.7 Å². The minimum atomic E-state index is -0.856. The quantitative estimate of drug-likeness (QED) is 0.586. The first-order chi connectivity index (χ1) is 14.6. The number of H-pyrrole nitrogens is 1. The highest BCUT2D eigenvalue weighted by Crippen LogP contribution is 2.54. The molecule has 4 N–H and O–H groups in total. The van der Waals surface area contributed by atoms with E-state index in [1.807, 2.05) is 24.3 Å². The molecule has 1 aromatic carbocycles. The second-order valence-corrected chi connectivity index (χ2v) is 9.99. The summed E-state index contributed by atoms with van der Waals surface area (Å²) in [4.78, 5) is 35.5. The molecule has 0 bridgehead atoms. The van der Waals surface area contributed by atoms with E-state index in [1.165, 1.54) is 4.90 Å². The normalized spacial score (nSPS) is 23.6. The summed E-state index contributed by atoms with van der Waals surface area (Å²) >= 11 is 0. The fraction of sp³-hybridized carbons (Fsp3) is 0.435. The van der Waals surface area contributed by atoms with E-state index in [2.05, 4.69) is 30.7 Å². The van der Waals surface area contributed by atoms with Crippen LogP contribution in [-0.2, 0) is 0 Å². The van der Waals surface area contributed by atoms with Crippen LogP contribution in [0, 0.1) is 10.8 Å². The average molecular weight is 422 g/mol. The number of primary amides is 1. The maximum absolute atomic E-state index is 12.1. The molecule has 5 rings (SSSR count). The van der Waals surface area contributed by atoms with Crippen LogP contribution >= 0.6 is 0 Å². The van der Waals surface area contributed by atoms with Gasteiger partial charge in [-0.2, -0.15) is 0 Å². The Labute approximate surface area is 180 Å². The molecule has 2 aromatic heterocycles. The van der Waals surface area contributed by atoms with E-state index in [0.717, 1.165) is 35.1 Å². The van der Waals surface area contributed by atoms with E-state index >= 15 is 0 Å². The number of benzene rings is 1. The number of fused-ring (bicyclic) bond motifs is 3. The molecule has 2 aliphatic heterocycles. The molecule has 4 heterocycles. The zero-order valence-electron chi connectivity index (χ0n) is 18.0. The topological polar surface area (TPSA) is 116 Å². The van der Waals surface area contributed by atoms with E-state index < -0.39 is 12.0 Å². The summed E-state index contributed by atoms with van der Waals surface area (Å²) in [6, 6.07) is 8.03. The van der Waals surface area contributed by atoms with E-state index in [9.17, 15) is 14.7 Å². The van der Waals surface area contributed by atoms with Crippen molar-refractivity contribution in [2.45, 2.75) is 33.2 Å². The molecule has 8 nitrogen and oxygen atoms in total. The smallest absolute Gasteiger partial charge is 0.407 e. The lowest BCUT2D eigenvalue weighted by molar-refractivity contribution is 0.0520. The average Bonchev–Trinajstić information content (AvgIpc) is 3.28. The Morgan fingerprint density at radius 3 is 2.65 bits per heavy atom. The van der Waals surface area contributed by atoms with Crippen LogP contribution in [0.25, 0.3) is 21.8 Å². The Kier molecular flexibility index (Phi) is 4.03. The van der Waals surface area contributed by atoms with Gasteiger partial charge in [-0.1, -0.05) is 39.0 Å². The number of aromatic nitrogens is 2. The van der Waals surface area contributed by atoms with Crippen molar-refractivity contribution in [3.8, 4) is 0 Å². The van der Waals surface area contributed by atoms with Crippen molar-refractivity contribution >= 4 is 39.6 Å². The maximum atomic E-state index is 12.1. The first-order valence-corrected chi connectivity index (χ1v) is 10.6. The predicted octanol–water partition coefficient (Wildman–Crippen LogP) is 3.42. The molecule has 2 unspecified atom stereocenters. The predicted molar refractivity (Wildman–Crippen MR) is 119 cm³/mol. The lowest BCUT2D eigenvalue weighted by atomic mass is 9.61.